The van der Waals surface area contributed by atoms with Gasteiger partial charge in [-0.3, -0.25) is 9.69 Å². The van der Waals surface area contributed by atoms with E-state index in [2.05, 4.69) is 27.7 Å². The van der Waals surface area contributed by atoms with Gasteiger partial charge in [-0.1, -0.05) is 72.8 Å². The molecule has 1 saturated heterocycles. The lowest BCUT2D eigenvalue weighted by Crippen LogP contribution is -2.51. The SMILES string of the molecule is NCc1cccc(NC(=O)[C@H](NC(=O)OCc2ccccc2)C2CCN(Cc3ccccc3)CC2)c1. The summed E-state index contributed by atoms with van der Waals surface area (Å²) in [7, 11) is 0. The molecule has 7 heteroatoms. The van der Waals surface area contributed by atoms with Gasteiger partial charge in [0.05, 0.1) is 0 Å². The first-order valence-electron chi connectivity index (χ1n) is 12.4. The third-order valence-electron chi connectivity index (χ3n) is 6.55. The fourth-order valence-electron chi connectivity index (χ4n) is 4.57. The Balaban J connectivity index is 1.40. The number of anilines is 1. The molecular weight excluding hydrogens is 452 g/mol. The van der Waals surface area contributed by atoms with Crippen molar-refractivity contribution in [2.45, 2.75) is 38.6 Å². The number of alkyl carbamates (subject to hydrolysis) is 1. The number of nitrogens with two attached hydrogens (primary N) is 1. The van der Waals surface area contributed by atoms with Crippen molar-refractivity contribution in [3.05, 3.63) is 102 Å². The fraction of sp³-hybridized carbons (Fsp3) is 0.310. The van der Waals surface area contributed by atoms with E-state index in [-0.39, 0.29) is 18.4 Å². The second-order valence-electron chi connectivity index (χ2n) is 9.18. The van der Waals surface area contributed by atoms with E-state index in [0.29, 0.717) is 12.2 Å². The molecule has 0 aliphatic carbocycles. The second kappa shape index (κ2) is 12.9. The summed E-state index contributed by atoms with van der Waals surface area (Å²) in [5.41, 5.74) is 9.50. The third kappa shape index (κ3) is 7.41. The highest BCUT2D eigenvalue weighted by Gasteiger charge is 2.33. The molecule has 4 rings (SSSR count). The molecule has 7 nitrogen and oxygen atoms in total. The zero-order chi connectivity index (χ0) is 25.2. The largest absolute Gasteiger partial charge is 0.445 e. The van der Waals surface area contributed by atoms with E-state index in [9.17, 15) is 9.59 Å². The minimum absolute atomic E-state index is 0.000935. The number of rotatable bonds is 9. The Labute approximate surface area is 212 Å². The number of piperidine rings is 1. The predicted octanol–water partition coefficient (Wildman–Crippen LogP) is 4.29. The van der Waals surface area contributed by atoms with Crippen LogP contribution in [0.15, 0.2) is 84.9 Å². The van der Waals surface area contributed by atoms with Crippen LogP contribution in [0.25, 0.3) is 0 Å². The standard InChI is InChI=1S/C29H34N4O3/c30-19-24-12-7-13-26(18-24)31-28(34)27(32-29(35)36-21-23-10-5-2-6-11-23)25-14-16-33(17-15-25)20-22-8-3-1-4-9-22/h1-13,18,25,27H,14-17,19-21,30H2,(H,31,34)(H,32,35)/t27-/m1/s1. The van der Waals surface area contributed by atoms with Crippen molar-refractivity contribution in [1.82, 2.24) is 10.2 Å². The molecule has 2 amide bonds. The van der Waals surface area contributed by atoms with Gasteiger partial charge >= 0.3 is 6.09 Å². The van der Waals surface area contributed by atoms with Crippen LogP contribution in [0.3, 0.4) is 0 Å². The van der Waals surface area contributed by atoms with E-state index >= 15 is 0 Å². The van der Waals surface area contributed by atoms with Crippen LogP contribution in [0.1, 0.15) is 29.5 Å². The Morgan fingerprint density at radius 1 is 0.889 bits per heavy atom. The first-order valence-corrected chi connectivity index (χ1v) is 12.4. The average molecular weight is 487 g/mol. The van der Waals surface area contributed by atoms with Crippen LogP contribution in [-0.4, -0.2) is 36.0 Å². The highest BCUT2D eigenvalue weighted by molar-refractivity contribution is 5.96. The lowest BCUT2D eigenvalue weighted by atomic mass is 9.88. The zero-order valence-electron chi connectivity index (χ0n) is 20.4. The van der Waals surface area contributed by atoms with Gasteiger partial charge < -0.3 is 21.1 Å². The molecule has 0 unspecified atom stereocenters. The van der Waals surface area contributed by atoms with Gasteiger partial charge in [-0.15, -0.1) is 0 Å². The molecule has 0 radical (unpaired) electrons. The van der Waals surface area contributed by atoms with Gasteiger partial charge in [-0.05, 0) is 60.7 Å². The Morgan fingerprint density at radius 3 is 2.19 bits per heavy atom. The highest BCUT2D eigenvalue weighted by Crippen LogP contribution is 2.24. The molecule has 0 aromatic heterocycles. The van der Waals surface area contributed by atoms with Crippen molar-refractivity contribution in [3.8, 4) is 0 Å². The molecule has 1 fully saturated rings. The number of amides is 2. The van der Waals surface area contributed by atoms with Gasteiger partial charge in [-0.2, -0.15) is 0 Å². The van der Waals surface area contributed by atoms with E-state index < -0.39 is 12.1 Å². The fourth-order valence-corrected chi connectivity index (χ4v) is 4.57. The molecule has 188 valence electrons. The van der Waals surface area contributed by atoms with E-state index in [0.717, 1.165) is 43.6 Å². The number of carbonyl (C=O) groups excluding carboxylic acids is 2. The summed E-state index contributed by atoms with van der Waals surface area (Å²) in [6.07, 6.45) is 1.00. The molecule has 36 heavy (non-hydrogen) atoms. The van der Waals surface area contributed by atoms with Crippen LogP contribution < -0.4 is 16.4 Å². The quantitative estimate of drug-likeness (QED) is 0.419. The topological polar surface area (TPSA) is 96.7 Å². The van der Waals surface area contributed by atoms with Crippen molar-refractivity contribution >= 4 is 17.7 Å². The van der Waals surface area contributed by atoms with Crippen molar-refractivity contribution in [2.24, 2.45) is 11.7 Å². The highest BCUT2D eigenvalue weighted by atomic mass is 16.5. The Kier molecular flexibility index (Phi) is 9.08. The van der Waals surface area contributed by atoms with Crippen molar-refractivity contribution in [1.29, 1.82) is 0 Å². The van der Waals surface area contributed by atoms with E-state index in [1.165, 1.54) is 5.56 Å². The number of ether oxygens (including phenoxy) is 1. The molecule has 0 saturated carbocycles. The zero-order valence-corrected chi connectivity index (χ0v) is 20.4. The Bertz CT molecular complexity index is 1120. The van der Waals surface area contributed by atoms with Crippen LogP contribution in [0.4, 0.5) is 10.5 Å². The van der Waals surface area contributed by atoms with Crippen LogP contribution in [0, 0.1) is 5.92 Å². The maximum Gasteiger partial charge on any atom is 0.408 e. The Morgan fingerprint density at radius 2 is 1.53 bits per heavy atom. The summed E-state index contributed by atoms with van der Waals surface area (Å²) in [6.45, 7) is 3.12. The van der Waals surface area contributed by atoms with Gasteiger partial charge in [0.25, 0.3) is 0 Å². The molecule has 1 aliphatic heterocycles. The molecule has 3 aromatic carbocycles. The smallest absolute Gasteiger partial charge is 0.408 e. The minimum atomic E-state index is -0.700. The number of nitrogens with one attached hydrogen (secondary N) is 2. The van der Waals surface area contributed by atoms with E-state index in [1.54, 1.807) is 0 Å². The average Bonchev–Trinajstić information content (AvgIpc) is 2.92. The lowest BCUT2D eigenvalue weighted by molar-refractivity contribution is -0.119. The molecule has 1 heterocycles. The molecule has 3 aromatic rings. The summed E-state index contributed by atoms with van der Waals surface area (Å²) >= 11 is 0. The van der Waals surface area contributed by atoms with Gasteiger partial charge in [0.2, 0.25) is 5.91 Å². The number of likely N-dealkylation sites (tertiary alicyclic amines) is 1. The Hall–Kier alpha value is -3.68. The van der Waals surface area contributed by atoms with Crippen LogP contribution in [0.2, 0.25) is 0 Å². The molecule has 0 spiro atoms. The number of hydrogen-bond donors (Lipinski definition) is 3. The van der Waals surface area contributed by atoms with Gasteiger partial charge in [-0.25, -0.2) is 4.79 Å². The van der Waals surface area contributed by atoms with Crippen molar-refractivity contribution < 1.29 is 14.3 Å². The summed E-state index contributed by atoms with van der Waals surface area (Å²) in [6, 6.07) is 26.6. The molecule has 1 atom stereocenters. The lowest BCUT2D eigenvalue weighted by Gasteiger charge is -2.35. The number of nitrogens with zero attached hydrogens (tertiary/aromatic N) is 1. The molecular formula is C29H34N4O3. The summed E-state index contributed by atoms with van der Waals surface area (Å²) in [5, 5.41) is 5.82. The molecule has 1 aliphatic rings. The first kappa shape index (κ1) is 25.4. The van der Waals surface area contributed by atoms with Gasteiger partial charge in [0, 0.05) is 18.8 Å². The molecule has 4 N–H and O–H groups in total. The maximum atomic E-state index is 13.4. The molecule has 0 bridgehead atoms. The summed E-state index contributed by atoms with van der Waals surface area (Å²) in [4.78, 5) is 28.4. The maximum absolute atomic E-state index is 13.4. The van der Waals surface area contributed by atoms with Gasteiger partial charge in [0.15, 0.2) is 0 Å². The first-order chi connectivity index (χ1) is 17.6. The number of benzene rings is 3. The van der Waals surface area contributed by atoms with Crippen LogP contribution in [0.5, 0.6) is 0 Å². The number of hydrogen-bond acceptors (Lipinski definition) is 5. The minimum Gasteiger partial charge on any atom is -0.445 e. The van der Waals surface area contributed by atoms with Crippen LogP contribution in [-0.2, 0) is 29.2 Å². The predicted molar refractivity (Wildman–Crippen MR) is 141 cm³/mol. The monoisotopic (exact) mass is 486 g/mol. The van der Waals surface area contributed by atoms with E-state index in [1.807, 2.05) is 72.8 Å². The summed E-state index contributed by atoms with van der Waals surface area (Å²) < 4.78 is 5.43. The van der Waals surface area contributed by atoms with E-state index in [4.69, 9.17) is 10.5 Å². The normalized spacial score (nSPS) is 15.1. The number of carbonyl (C=O) groups is 2. The third-order valence-corrected chi connectivity index (χ3v) is 6.55. The van der Waals surface area contributed by atoms with Crippen LogP contribution >= 0.6 is 0 Å². The van der Waals surface area contributed by atoms with Crippen molar-refractivity contribution in [2.75, 3.05) is 18.4 Å². The summed E-state index contributed by atoms with van der Waals surface area (Å²) in [5.74, 6) is -0.249. The second-order valence-corrected chi connectivity index (χ2v) is 9.18. The van der Waals surface area contributed by atoms with Gasteiger partial charge in [0.1, 0.15) is 12.6 Å². The van der Waals surface area contributed by atoms with Crippen molar-refractivity contribution in [3.63, 3.8) is 0 Å².